The molecule has 3 atom stereocenters. The topological polar surface area (TPSA) is 182 Å². The lowest BCUT2D eigenvalue weighted by Crippen LogP contribution is -2.57. The highest BCUT2D eigenvalue weighted by Gasteiger charge is 2.44. The SMILES string of the molecule is Cc1ccccc1-c1ccc(NCCCn2cc(COCCOCCOCCC(=O)N[C@H](C(=O)N3C[C@H](O)C[C@H]3C(=O)NCc3ccc(-c4scnc4C)cc3)C(C)(C)C)nn2)c(/C=C/c2ccc3c(c2)CCCC3)c1. The largest absolute Gasteiger partial charge is 0.391 e. The average molecular weight is 1050 g/mol. The number of nitrogens with one attached hydrogen (secondary N) is 3. The molecule has 0 bridgehead atoms. The molecule has 6 aromatic rings. The second-order valence-corrected chi connectivity index (χ2v) is 21.8. The van der Waals surface area contributed by atoms with Crippen LogP contribution < -0.4 is 16.0 Å². The molecule has 402 valence electrons. The fourth-order valence-corrected chi connectivity index (χ4v) is 10.6. The average Bonchev–Trinajstić information content (AvgIpc) is 4.19. The van der Waals surface area contributed by atoms with Gasteiger partial charge in [-0.15, -0.1) is 16.4 Å². The van der Waals surface area contributed by atoms with Crippen LogP contribution in [0, 0.1) is 19.3 Å². The molecule has 8 rings (SSSR count). The fraction of sp³-hybridized carbons (Fsp3) is 0.433. The molecule has 1 aliphatic heterocycles. The number of fused-ring (bicyclic) bond motifs is 1. The molecule has 2 aromatic heterocycles. The highest BCUT2D eigenvalue weighted by Crippen LogP contribution is 2.31. The van der Waals surface area contributed by atoms with E-state index in [1.807, 2.05) is 68.3 Å². The summed E-state index contributed by atoms with van der Waals surface area (Å²) in [5.41, 5.74) is 14.9. The van der Waals surface area contributed by atoms with Crippen molar-refractivity contribution in [3.8, 4) is 21.6 Å². The Balaban J connectivity index is 0.698. The number of benzene rings is 4. The van der Waals surface area contributed by atoms with Crippen molar-refractivity contribution in [3.05, 3.63) is 141 Å². The molecule has 0 saturated carbocycles. The summed E-state index contributed by atoms with van der Waals surface area (Å²) in [6.45, 7) is 13.2. The van der Waals surface area contributed by atoms with E-state index in [0.717, 1.165) is 58.0 Å². The molecule has 0 unspecified atom stereocenters. The van der Waals surface area contributed by atoms with Gasteiger partial charge in [-0.3, -0.25) is 19.1 Å². The van der Waals surface area contributed by atoms with Crippen LogP contribution in [-0.4, -0.2) is 112 Å². The molecule has 1 saturated heterocycles. The Labute approximate surface area is 451 Å². The van der Waals surface area contributed by atoms with E-state index in [1.165, 1.54) is 57.5 Å². The monoisotopic (exact) mass is 1050 g/mol. The lowest BCUT2D eigenvalue weighted by Gasteiger charge is -2.35. The molecule has 15 nitrogen and oxygen atoms in total. The van der Waals surface area contributed by atoms with Gasteiger partial charge in [0.25, 0.3) is 0 Å². The number of anilines is 1. The summed E-state index contributed by atoms with van der Waals surface area (Å²) in [7, 11) is 0. The van der Waals surface area contributed by atoms with Crippen LogP contribution >= 0.6 is 11.3 Å². The van der Waals surface area contributed by atoms with Gasteiger partial charge in [-0.05, 0) is 114 Å². The number of thiazole rings is 1. The second-order valence-electron chi connectivity index (χ2n) is 20.9. The summed E-state index contributed by atoms with van der Waals surface area (Å²) >= 11 is 1.58. The minimum absolute atomic E-state index is 0.0000475. The summed E-state index contributed by atoms with van der Waals surface area (Å²) in [5, 5.41) is 28.7. The molecule has 4 aromatic carbocycles. The first-order valence-electron chi connectivity index (χ1n) is 26.7. The van der Waals surface area contributed by atoms with Crippen molar-refractivity contribution in [1.29, 1.82) is 0 Å². The second kappa shape index (κ2) is 27.0. The Morgan fingerprint density at radius 1 is 0.868 bits per heavy atom. The van der Waals surface area contributed by atoms with Crippen molar-refractivity contribution in [2.75, 3.05) is 51.4 Å². The third kappa shape index (κ3) is 15.5. The number of hydrogen-bond donors (Lipinski definition) is 4. The molecular formula is C60H74N8O7S. The summed E-state index contributed by atoms with van der Waals surface area (Å²) in [6, 6.07) is 28.2. The maximum atomic E-state index is 14.0. The van der Waals surface area contributed by atoms with Crippen molar-refractivity contribution in [2.45, 2.75) is 117 Å². The Hall–Kier alpha value is -6.56. The van der Waals surface area contributed by atoms with Crippen LogP contribution in [0.15, 0.2) is 96.6 Å². The lowest BCUT2D eigenvalue weighted by atomic mass is 9.85. The number of aryl methyl sites for hydroxylation is 5. The zero-order valence-corrected chi connectivity index (χ0v) is 45.5. The van der Waals surface area contributed by atoms with E-state index in [2.05, 4.69) is 111 Å². The first kappa shape index (κ1) is 55.7. The van der Waals surface area contributed by atoms with Gasteiger partial charge in [-0.1, -0.05) is 111 Å². The molecule has 16 heteroatoms. The summed E-state index contributed by atoms with van der Waals surface area (Å²) in [5.74, 6) is -1.13. The molecule has 1 fully saturated rings. The van der Waals surface area contributed by atoms with Crippen LogP contribution in [-0.2, 0) is 61.1 Å². The number of ether oxygens (including phenoxy) is 3. The van der Waals surface area contributed by atoms with E-state index in [0.29, 0.717) is 33.0 Å². The van der Waals surface area contributed by atoms with Crippen LogP contribution in [0.4, 0.5) is 5.69 Å². The minimum atomic E-state index is -0.925. The van der Waals surface area contributed by atoms with Crippen LogP contribution in [0.25, 0.3) is 33.7 Å². The highest BCUT2D eigenvalue weighted by atomic mass is 32.1. The van der Waals surface area contributed by atoms with E-state index in [4.69, 9.17) is 14.2 Å². The molecule has 3 heterocycles. The molecular weight excluding hydrogens is 977 g/mol. The molecule has 1 aliphatic carbocycles. The van der Waals surface area contributed by atoms with Crippen LogP contribution in [0.1, 0.15) is 97.6 Å². The summed E-state index contributed by atoms with van der Waals surface area (Å²) < 4.78 is 19.0. The van der Waals surface area contributed by atoms with E-state index in [1.54, 1.807) is 11.3 Å². The van der Waals surface area contributed by atoms with Crippen molar-refractivity contribution >= 4 is 46.9 Å². The smallest absolute Gasteiger partial charge is 0.246 e. The number of nitrogens with zero attached hydrogens (tertiary/aromatic N) is 5. The number of hydrogen-bond acceptors (Lipinski definition) is 12. The van der Waals surface area contributed by atoms with Gasteiger partial charge in [-0.2, -0.15) is 0 Å². The lowest BCUT2D eigenvalue weighted by molar-refractivity contribution is -0.144. The maximum absolute atomic E-state index is 14.0. The van der Waals surface area contributed by atoms with Crippen molar-refractivity contribution in [1.82, 2.24) is 35.5 Å². The van der Waals surface area contributed by atoms with Gasteiger partial charge in [0.1, 0.15) is 17.8 Å². The van der Waals surface area contributed by atoms with Crippen molar-refractivity contribution in [2.24, 2.45) is 5.41 Å². The van der Waals surface area contributed by atoms with Gasteiger partial charge in [-0.25, -0.2) is 4.98 Å². The number of rotatable bonds is 25. The van der Waals surface area contributed by atoms with Crippen LogP contribution in [0.5, 0.6) is 0 Å². The molecule has 76 heavy (non-hydrogen) atoms. The van der Waals surface area contributed by atoms with Crippen LogP contribution in [0.3, 0.4) is 0 Å². The van der Waals surface area contributed by atoms with E-state index >= 15 is 0 Å². The molecule has 3 amide bonds. The predicted molar refractivity (Wildman–Crippen MR) is 299 cm³/mol. The van der Waals surface area contributed by atoms with Crippen molar-refractivity contribution in [3.63, 3.8) is 0 Å². The number of aliphatic hydroxyl groups excluding tert-OH is 1. The number of aliphatic hydroxyl groups is 1. The van der Waals surface area contributed by atoms with Gasteiger partial charge in [0, 0.05) is 44.7 Å². The molecule has 0 spiro atoms. The number of amides is 3. The fourth-order valence-electron chi connectivity index (χ4n) is 9.74. The summed E-state index contributed by atoms with van der Waals surface area (Å²) in [4.78, 5) is 47.4. The quantitative estimate of drug-likeness (QED) is 0.0317. The van der Waals surface area contributed by atoms with Gasteiger partial charge < -0.3 is 40.2 Å². The maximum Gasteiger partial charge on any atom is 0.246 e. The molecule has 4 N–H and O–H groups in total. The predicted octanol–water partition coefficient (Wildman–Crippen LogP) is 8.99. The standard InChI is InChI=1S/C60H74N8O7S/c1-41-11-6-9-14-52(41)48-23-24-53(49(34-48)22-16-43-15-19-45-12-7-8-13-47(45)33-43)61-26-10-27-67-37-50(65-66-67)39-75-32-31-74-30-29-73-28-25-55(70)64-57(60(3,4)5)59(72)68-38-51(69)35-54(68)58(71)62-36-44-17-20-46(21-18-44)56-42(2)63-40-76-56/h6,9,11,14-24,33-34,37,40,51,54,57,61,69H,7-8,10,12-13,25-32,35-36,38-39H2,1-5H3,(H,62,71)(H,64,70)/b22-16+/t51-,54+,57-/m1/s1. The number of aromatic nitrogens is 4. The zero-order valence-electron chi connectivity index (χ0n) is 44.7. The van der Waals surface area contributed by atoms with Gasteiger partial charge in [0.2, 0.25) is 17.7 Å². The number of β-amino-alcohol motifs (C(OH)–C–C–N with tert-alkyl or cyclic N) is 1. The number of likely N-dealkylation sites (tertiary alicyclic amines) is 1. The highest BCUT2D eigenvalue weighted by molar-refractivity contribution is 7.13. The Kier molecular flexibility index (Phi) is 19.8. The number of carbonyl (C=O) groups is 3. The zero-order chi connectivity index (χ0) is 53.4. The van der Waals surface area contributed by atoms with E-state index in [-0.39, 0.29) is 51.0 Å². The van der Waals surface area contributed by atoms with Gasteiger partial charge in [0.05, 0.1) is 68.0 Å². The third-order valence-corrected chi connectivity index (χ3v) is 15.0. The minimum Gasteiger partial charge on any atom is -0.391 e. The molecule has 0 radical (unpaired) electrons. The van der Waals surface area contributed by atoms with Crippen molar-refractivity contribution < 1.29 is 33.7 Å². The van der Waals surface area contributed by atoms with E-state index in [9.17, 15) is 19.5 Å². The van der Waals surface area contributed by atoms with E-state index < -0.39 is 29.5 Å². The first-order chi connectivity index (χ1) is 36.8. The molecule has 2 aliphatic rings. The van der Waals surface area contributed by atoms with Crippen LogP contribution in [0.2, 0.25) is 0 Å². The van der Waals surface area contributed by atoms with Gasteiger partial charge in [0.15, 0.2) is 0 Å². The number of carbonyl (C=O) groups excluding carboxylic acids is 3. The Bertz CT molecular complexity index is 2910. The first-order valence-corrected chi connectivity index (χ1v) is 27.6. The third-order valence-electron chi connectivity index (χ3n) is 14.0. The normalized spacial score (nSPS) is 15.9. The summed E-state index contributed by atoms with van der Waals surface area (Å²) in [6.07, 6.45) is 11.4. The van der Waals surface area contributed by atoms with Gasteiger partial charge >= 0.3 is 0 Å². The Morgan fingerprint density at radius 2 is 1.62 bits per heavy atom. The Morgan fingerprint density at radius 3 is 2.38 bits per heavy atom.